The highest BCUT2D eigenvalue weighted by Gasteiger charge is 2.20. The van der Waals surface area contributed by atoms with E-state index >= 15 is 0 Å². The molecule has 0 fully saturated rings. The van der Waals surface area contributed by atoms with Crippen molar-refractivity contribution in [1.29, 1.82) is 0 Å². The number of fused-ring (bicyclic) bond motifs is 26. The van der Waals surface area contributed by atoms with Crippen molar-refractivity contribution in [3.05, 3.63) is 362 Å². The van der Waals surface area contributed by atoms with Gasteiger partial charge in [-0.25, -0.2) is 0 Å². The zero-order valence-corrected chi connectivity index (χ0v) is 70.1. The number of aryl methyl sites for hydroxylation is 4. The summed E-state index contributed by atoms with van der Waals surface area (Å²) in [6.45, 7) is 8.82. The molecule has 0 radical (unpaired) electrons. The molecular formula is C108H68S8. The van der Waals surface area contributed by atoms with Crippen molar-refractivity contribution in [2.75, 3.05) is 0 Å². The predicted octanol–water partition coefficient (Wildman–Crippen LogP) is 35.9. The Hall–Kier alpha value is -11.8. The second-order valence-electron chi connectivity index (χ2n) is 30.8. The first kappa shape index (κ1) is 69.7. The van der Waals surface area contributed by atoms with Crippen LogP contribution in [0.25, 0.3) is 227 Å². The molecule has 0 saturated heterocycles. The highest BCUT2D eigenvalue weighted by Crippen LogP contribution is 2.52. The van der Waals surface area contributed by atoms with E-state index in [2.05, 4.69) is 367 Å². The third kappa shape index (κ3) is 12.1. The average molecular weight is 1620 g/mol. The Kier molecular flexibility index (Phi) is 16.8. The van der Waals surface area contributed by atoms with Gasteiger partial charge in [-0.05, 0) is 244 Å². The maximum Gasteiger partial charge on any atom is 0.0542 e. The van der Waals surface area contributed by atoms with Gasteiger partial charge >= 0.3 is 0 Å². The van der Waals surface area contributed by atoms with Crippen molar-refractivity contribution in [3.8, 4) is 44.5 Å². The van der Waals surface area contributed by atoms with Crippen LogP contribution in [0.1, 0.15) is 22.3 Å². The smallest absolute Gasteiger partial charge is 0.0542 e. The van der Waals surface area contributed by atoms with E-state index in [-0.39, 0.29) is 0 Å². The average Bonchev–Trinajstić information content (AvgIpc) is 1.58. The van der Waals surface area contributed by atoms with Crippen LogP contribution in [0, 0.1) is 27.7 Å². The molecule has 0 aliphatic heterocycles. The summed E-state index contributed by atoms with van der Waals surface area (Å²) in [4.78, 5) is 0. The maximum absolute atomic E-state index is 2.40. The van der Waals surface area contributed by atoms with Crippen molar-refractivity contribution in [1.82, 2.24) is 0 Å². The van der Waals surface area contributed by atoms with E-state index in [1.807, 2.05) is 90.7 Å². The number of hydrogen-bond acceptors (Lipinski definition) is 8. The van der Waals surface area contributed by atoms with Crippen LogP contribution in [0.5, 0.6) is 0 Å². The number of rotatable bonds is 4. The van der Waals surface area contributed by atoms with Gasteiger partial charge in [-0.2, -0.15) is 0 Å². The number of benzene rings is 18. The van der Waals surface area contributed by atoms with Crippen LogP contribution >= 0.6 is 90.7 Å². The predicted molar refractivity (Wildman–Crippen MR) is 525 cm³/mol. The van der Waals surface area contributed by atoms with E-state index in [4.69, 9.17) is 0 Å². The standard InChI is InChI=1S/C34H20S2.C26H20S2.C26H16S2.C22H12S2/c1-3-7-23-17-25(11-9-21(23)5-1)27-13-15-29-31(19-27)35-34-30-16-14-28(20-32(30)36-33(29)34)26-12-10-22-6-2-4-8-24(22)18-26;1-13-5-17-9-21-23(11-19(17)7-15(13)3)27-26-22-10-18-6-14(2)16(4)8-20(18)12-24(22)28-25(21)26;1-3-7-17(8-4-1)19-11-13-21-23(15-19)27-26-22-14-12-20(16-24(22)28-25(21)26)18-9-5-2-6-10-18;1-3-7-15-11-19-17(9-13(15)5-1)21-22(23-19)18-10-14-6-2-4-8-16(14)12-20(18)24-21/h1-20H;5-12H,1-4H3;1-16H;1-12H. The molecule has 0 bridgehead atoms. The summed E-state index contributed by atoms with van der Waals surface area (Å²) < 4.78 is 22.5. The summed E-state index contributed by atoms with van der Waals surface area (Å²) in [6.07, 6.45) is 0. The lowest BCUT2D eigenvalue weighted by atomic mass is 10.0. The van der Waals surface area contributed by atoms with Gasteiger partial charge < -0.3 is 0 Å². The fourth-order valence-corrected chi connectivity index (χ4v) is 28.0. The van der Waals surface area contributed by atoms with Gasteiger partial charge in [0.05, 0.1) is 37.6 Å². The lowest BCUT2D eigenvalue weighted by Crippen LogP contribution is -1.81. The summed E-state index contributed by atoms with van der Waals surface area (Å²) in [6, 6.07) is 125. The third-order valence-electron chi connectivity index (χ3n) is 23.6. The molecule has 26 rings (SSSR count). The first-order valence-corrected chi connectivity index (χ1v) is 45.8. The van der Waals surface area contributed by atoms with Gasteiger partial charge in [0.1, 0.15) is 0 Å². The van der Waals surface area contributed by atoms with Gasteiger partial charge in [-0.3, -0.25) is 0 Å². The molecule has 26 aromatic rings. The van der Waals surface area contributed by atoms with E-state index in [1.54, 1.807) is 0 Å². The topological polar surface area (TPSA) is 0 Å². The van der Waals surface area contributed by atoms with E-state index in [9.17, 15) is 0 Å². The Balaban J connectivity index is 0.0000000922. The quantitative estimate of drug-likeness (QED) is 0.165. The molecule has 0 aliphatic rings. The van der Waals surface area contributed by atoms with E-state index in [0.717, 1.165) is 0 Å². The van der Waals surface area contributed by atoms with Crippen molar-refractivity contribution in [2.45, 2.75) is 27.7 Å². The zero-order valence-electron chi connectivity index (χ0n) is 63.6. The molecule has 8 heteroatoms. The summed E-state index contributed by atoms with van der Waals surface area (Å²) in [5.74, 6) is 0. The molecule has 0 N–H and O–H groups in total. The highest BCUT2D eigenvalue weighted by molar-refractivity contribution is 7.38. The monoisotopic (exact) mass is 1620 g/mol. The largest absolute Gasteiger partial charge is 0.134 e. The van der Waals surface area contributed by atoms with Crippen LogP contribution in [0.3, 0.4) is 0 Å². The summed E-state index contributed by atoms with van der Waals surface area (Å²) in [5.41, 5.74) is 15.7. The first-order chi connectivity index (χ1) is 57.0. The third-order valence-corrected chi connectivity index (χ3v) is 33.6. The van der Waals surface area contributed by atoms with Crippen molar-refractivity contribution in [2.24, 2.45) is 0 Å². The van der Waals surface area contributed by atoms with Gasteiger partial charge in [0.15, 0.2) is 0 Å². The van der Waals surface area contributed by atoms with Crippen LogP contribution < -0.4 is 0 Å². The van der Waals surface area contributed by atoms with Crippen molar-refractivity contribution < 1.29 is 0 Å². The Morgan fingerprint density at radius 3 is 0.629 bits per heavy atom. The SMILES string of the molecule is Cc1cc2cc3sc4c5cc6cc(C)c(C)cc6cc5sc4c3cc2cc1C.c1ccc(-c2ccc3c(c2)sc2c4ccc(-c5ccccc5)cc4sc32)cc1.c1ccc2cc(-c3ccc4c(c3)sc3c5ccc(-c6ccc7ccccc7c6)cc5sc43)ccc2c1.c1ccc2cc3c(cc2c1)sc1c2cc4ccccc4cc2sc31. The molecule has 8 heterocycles. The first-order valence-electron chi connectivity index (χ1n) is 39.3. The van der Waals surface area contributed by atoms with Gasteiger partial charge in [0.25, 0.3) is 0 Å². The van der Waals surface area contributed by atoms with E-state index in [0.29, 0.717) is 0 Å². The molecule has 116 heavy (non-hydrogen) atoms. The molecule has 0 aliphatic carbocycles. The molecule has 0 saturated carbocycles. The fourth-order valence-electron chi connectivity index (χ4n) is 17.2. The van der Waals surface area contributed by atoms with Crippen LogP contribution in [0.4, 0.5) is 0 Å². The van der Waals surface area contributed by atoms with Gasteiger partial charge in [-0.15, -0.1) is 90.7 Å². The van der Waals surface area contributed by atoms with Crippen molar-refractivity contribution in [3.63, 3.8) is 0 Å². The maximum atomic E-state index is 2.40. The number of thiophene rings is 8. The Morgan fingerprint density at radius 2 is 0.328 bits per heavy atom. The van der Waals surface area contributed by atoms with Crippen LogP contribution in [0.2, 0.25) is 0 Å². The molecule has 0 nitrogen and oxygen atoms in total. The fraction of sp³-hybridized carbons (Fsp3) is 0.0370. The van der Waals surface area contributed by atoms with Gasteiger partial charge in [0.2, 0.25) is 0 Å². The molecule has 8 aromatic heterocycles. The second kappa shape index (κ2) is 28.0. The van der Waals surface area contributed by atoms with Gasteiger partial charge in [-0.1, -0.05) is 255 Å². The highest BCUT2D eigenvalue weighted by atomic mass is 32.1. The minimum Gasteiger partial charge on any atom is -0.134 e. The summed E-state index contributed by atoms with van der Waals surface area (Å²) >= 11 is 15.4. The molecule has 548 valence electrons. The number of hydrogen-bond donors (Lipinski definition) is 0. The Morgan fingerprint density at radius 1 is 0.129 bits per heavy atom. The lowest BCUT2D eigenvalue weighted by Gasteiger charge is -2.05. The molecular weight excluding hydrogens is 1550 g/mol. The van der Waals surface area contributed by atoms with Gasteiger partial charge in [0, 0.05) is 80.7 Å². The summed E-state index contributed by atoms with van der Waals surface area (Å²) in [7, 11) is 0. The molecule has 18 aromatic carbocycles. The molecule has 0 amide bonds. The molecule has 0 atom stereocenters. The van der Waals surface area contributed by atoms with E-state index < -0.39 is 0 Å². The second-order valence-corrected chi connectivity index (χ2v) is 39.2. The molecule has 0 unspecified atom stereocenters. The van der Waals surface area contributed by atoms with Crippen LogP contribution in [-0.4, -0.2) is 0 Å². The normalized spacial score (nSPS) is 12.0. The Bertz CT molecular complexity index is 8020. The van der Waals surface area contributed by atoms with Crippen LogP contribution in [-0.2, 0) is 0 Å². The lowest BCUT2D eigenvalue weighted by molar-refractivity contribution is 1.37. The summed E-state index contributed by atoms with van der Waals surface area (Å²) in [5, 5.41) is 27.0. The minimum atomic E-state index is 1.28. The van der Waals surface area contributed by atoms with Crippen molar-refractivity contribution >= 4 is 274 Å². The van der Waals surface area contributed by atoms with E-state index in [1.165, 1.54) is 250 Å². The van der Waals surface area contributed by atoms with Crippen LogP contribution in [0.15, 0.2) is 340 Å². The molecule has 0 spiro atoms. The zero-order chi connectivity index (χ0) is 77.0. The minimum absolute atomic E-state index is 1.28. The Labute approximate surface area is 701 Å².